The van der Waals surface area contributed by atoms with Gasteiger partial charge in [0, 0.05) is 24.1 Å². The van der Waals surface area contributed by atoms with Gasteiger partial charge in [0.15, 0.2) is 0 Å². The lowest BCUT2D eigenvalue weighted by atomic mass is 9.87. The lowest BCUT2D eigenvalue weighted by Gasteiger charge is -2.36. The van der Waals surface area contributed by atoms with Crippen LogP contribution in [0, 0.1) is 5.82 Å². The summed E-state index contributed by atoms with van der Waals surface area (Å²) in [6.07, 6.45) is 4.88. The molecule has 4 rings (SSSR count). The molecule has 8 heteroatoms. The number of carbonyl (C=O) groups is 1. The molecule has 1 saturated heterocycles. The third-order valence-corrected chi connectivity index (χ3v) is 5.18. The molecule has 0 radical (unpaired) electrons. The molecular weight excluding hydrogens is 407 g/mol. The van der Waals surface area contributed by atoms with Gasteiger partial charge in [-0.25, -0.2) is 4.39 Å². The van der Waals surface area contributed by atoms with Gasteiger partial charge in [-0.15, -0.1) is 12.4 Å². The molecule has 0 aliphatic carbocycles. The quantitative estimate of drug-likeness (QED) is 0.625. The lowest BCUT2D eigenvalue weighted by molar-refractivity contribution is -0.126. The van der Waals surface area contributed by atoms with E-state index in [2.05, 4.69) is 15.7 Å². The van der Waals surface area contributed by atoms with E-state index in [0.717, 1.165) is 18.7 Å². The van der Waals surface area contributed by atoms with Crippen molar-refractivity contribution >= 4 is 24.0 Å². The Kier molecular flexibility index (Phi) is 7.07. The number of nitrogens with one attached hydrogen (secondary N) is 2. The summed E-state index contributed by atoms with van der Waals surface area (Å²) in [4.78, 5) is 13.2. The zero-order valence-electron chi connectivity index (χ0n) is 16.4. The Bertz CT molecular complexity index is 975. The summed E-state index contributed by atoms with van der Waals surface area (Å²) in [6, 6.07) is 15.4. The molecule has 2 heterocycles. The number of hydrogen-bond donors (Lipinski definition) is 2. The molecule has 158 valence electrons. The van der Waals surface area contributed by atoms with Gasteiger partial charge in [0.25, 0.3) is 5.91 Å². The first-order chi connectivity index (χ1) is 14.2. The molecule has 1 amide bonds. The van der Waals surface area contributed by atoms with Crippen molar-refractivity contribution in [3.8, 4) is 5.75 Å². The molecule has 1 aromatic heterocycles. The molecule has 0 saturated carbocycles. The highest BCUT2D eigenvalue weighted by Crippen LogP contribution is 2.29. The second-order valence-electron chi connectivity index (χ2n) is 7.13. The molecule has 0 atom stereocenters. The SMILES string of the molecule is Cl.O=C(Nc1cccc(COc2cccc(F)c2)c1)C1(n2cccn2)CCNCC1. The number of ether oxygens (including phenoxy) is 1. The van der Waals surface area contributed by atoms with Crippen LogP contribution in [0.2, 0.25) is 0 Å². The zero-order valence-corrected chi connectivity index (χ0v) is 17.2. The van der Waals surface area contributed by atoms with Gasteiger partial charge in [-0.2, -0.15) is 5.10 Å². The fourth-order valence-electron chi connectivity index (χ4n) is 3.63. The van der Waals surface area contributed by atoms with Gasteiger partial charge in [-0.3, -0.25) is 9.48 Å². The largest absolute Gasteiger partial charge is 0.489 e. The Balaban J connectivity index is 0.00000256. The lowest BCUT2D eigenvalue weighted by Crippen LogP contribution is -2.52. The summed E-state index contributed by atoms with van der Waals surface area (Å²) >= 11 is 0. The molecule has 6 nitrogen and oxygen atoms in total. The van der Waals surface area contributed by atoms with Crippen molar-refractivity contribution in [3.05, 3.63) is 78.4 Å². The summed E-state index contributed by atoms with van der Waals surface area (Å²) < 4.78 is 20.7. The van der Waals surface area contributed by atoms with E-state index in [-0.39, 0.29) is 30.7 Å². The second kappa shape index (κ2) is 9.73. The summed E-state index contributed by atoms with van der Waals surface area (Å²) in [5.41, 5.74) is 0.869. The standard InChI is InChI=1S/C22H23FN4O2.ClH/c23-18-5-2-7-20(15-18)29-16-17-4-1-6-19(14-17)26-21(28)22(8-11-24-12-9-22)27-13-3-10-25-27;/h1-7,10,13-15,24H,8-9,11-12,16H2,(H,26,28);1H. The number of carbonyl (C=O) groups excluding carboxylic acids is 1. The molecule has 30 heavy (non-hydrogen) atoms. The van der Waals surface area contributed by atoms with E-state index in [1.165, 1.54) is 12.1 Å². The Morgan fingerprint density at radius 3 is 2.70 bits per heavy atom. The number of amides is 1. The van der Waals surface area contributed by atoms with Crippen molar-refractivity contribution < 1.29 is 13.9 Å². The number of rotatable bonds is 6. The summed E-state index contributed by atoms with van der Waals surface area (Å²) in [5.74, 6) is 0.0482. The number of halogens is 2. The van der Waals surface area contributed by atoms with Crippen molar-refractivity contribution in [2.75, 3.05) is 18.4 Å². The average Bonchev–Trinajstić information content (AvgIpc) is 3.29. The van der Waals surface area contributed by atoms with Crippen LogP contribution in [-0.4, -0.2) is 28.8 Å². The van der Waals surface area contributed by atoms with Gasteiger partial charge in [0.2, 0.25) is 0 Å². The molecule has 3 aromatic rings. The average molecular weight is 431 g/mol. The van der Waals surface area contributed by atoms with Crippen LogP contribution in [0.3, 0.4) is 0 Å². The summed E-state index contributed by atoms with van der Waals surface area (Å²) in [5, 5.41) is 10.7. The minimum absolute atomic E-state index is 0. The molecule has 1 fully saturated rings. The first-order valence-electron chi connectivity index (χ1n) is 9.65. The molecule has 2 aromatic carbocycles. The van der Waals surface area contributed by atoms with Crippen molar-refractivity contribution in [1.82, 2.24) is 15.1 Å². The normalized spacial score (nSPS) is 15.1. The molecule has 1 aliphatic heterocycles. The van der Waals surface area contributed by atoms with Crippen LogP contribution in [0.15, 0.2) is 67.0 Å². The third-order valence-electron chi connectivity index (χ3n) is 5.18. The van der Waals surface area contributed by atoms with Crippen LogP contribution in [-0.2, 0) is 16.9 Å². The van der Waals surface area contributed by atoms with E-state index in [1.54, 1.807) is 23.0 Å². The molecule has 2 N–H and O–H groups in total. The summed E-state index contributed by atoms with van der Waals surface area (Å²) in [7, 11) is 0. The number of hydrogen-bond acceptors (Lipinski definition) is 4. The van der Waals surface area contributed by atoms with Crippen LogP contribution in [0.1, 0.15) is 18.4 Å². The van der Waals surface area contributed by atoms with Crippen LogP contribution >= 0.6 is 12.4 Å². The first kappa shape index (κ1) is 21.8. The fraction of sp³-hybridized carbons (Fsp3) is 0.273. The smallest absolute Gasteiger partial charge is 0.252 e. The summed E-state index contributed by atoms with van der Waals surface area (Å²) in [6.45, 7) is 1.80. The monoisotopic (exact) mass is 430 g/mol. The van der Waals surface area contributed by atoms with E-state index < -0.39 is 5.54 Å². The predicted octanol–water partition coefficient (Wildman–Crippen LogP) is 3.74. The highest BCUT2D eigenvalue weighted by Gasteiger charge is 2.42. The number of aromatic nitrogens is 2. The fourth-order valence-corrected chi connectivity index (χ4v) is 3.63. The Labute approximate surface area is 180 Å². The maximum Gasteiger partial charge on any atom is 0.252 e. The van der Waals surface area contributed by atoms with Gasteiger partial charge >= 0.3 is 0 Å². The van der Waals surface area contributed by atoms with Crippen molar-refractivity contribution in [1.29, 1.82) is 0 Å². The minimum Gasteiger partial charge on any atom is -0.489 e. The van der Waals surface area contributed by atoms with Crippen molar-refractivity contribution in [2.45, 2.75) is 25.0 Å². The van der Waals surface area contributed by atoms with E-state index >= 15 is 0 Å². The van der Waals surface area contributed by atoms with E-state index in [4.69, 9.17) is 4.74 Å². The molecule has 0 bridgehead atoms. The van der Waals surface area contributed by atoms with Gasteiger partial charge in [0.1, 0.15) is 23.7 Å². The number of piperidine rings is 1. The van der Waals surface area contributed by atoms with E-state index in [9.17, 15) is 9.18 Å². The zero-order chi connectivity index (χ0) is 20.1. The topological polar surface area (TPSA) is 68.2 Å². The molecule has 0 spiro atoms. The predicted molar refractivity (Wildman–Crippen MR) is 115 cm³/mol. The third kappa shape index (κ3) is 4.80. The van der Waals surface area contributed by atoms with Gasteiger partial charge in [0.05, 0.1) is 0 Å². The molecule has 1 aliphatic rings. The van der Waals surface area contributed by atoms with Gasteiger partial charge in [-0.1, -0.05) is 18.2 Å². The van der Waals surface area contributed by atoms with Gasteiger partial charge in [-0.05, 0) is 61.8 Å². The maximum atomic E-state index is 13.3. The number of benzene rings is 2. The Morgan fingerprint density at radius 1 is 1.17 bits per heavy atom. The Morgan fingerprint density at radius 2 is 1.97 bits per heavy atom. The Hall–Kier alpha value is -2.90. The highest BCUT2D eigenvalue weighted by atomic mass is 35.5. The van der Waals surface area contributed by atoms with E-state index in [1.807, 2.05) is 36.5 Å². The highest BCUT2D eigenvalue weighted by molar-refractivity contribution is 5.96. The minimum atomic E-state index is -0.706. The van der Waals surface area contributed by atoms with Gasteiger partial charge < -0.3 is 15.4 Å². The van der Waals surface area contributed by atoms with Crippen LogP contribution in [0.25, 0.3) is 0 Å². The van der Waals surface area contributed by atoms with Crippen LogP contribution < -0.4 is 15.4 Å². The van der Waals surface area contributed by atoms with Crippen LogP contribution in [0.5, 0.6) is 5.75 Å². The number of anilines is 1. The van der Waals surface area contributed by atoms with E-state index in [0.29, 0.717) is 24.3 Å². The van der Waals surface area contributed by atoms with Crippen molar-refractivity contribution in [3.63, 3.8) is 0 Å². The molecule has 0 unspecified atom stereocenters. The number of nitrogens with zero attached hydrogens (tertiary/aromatic N) is 2. The van der Waals surface area contributed by atoms with Crippen molar-refractivity contribution in [2.24, 2.45) is 0 Å². The second-order valence-corrected chi connectivity index (χ2v) is 7.13. The molecular formula is C22H24ClFN4O2. The maximum absolute atomic E-state index is 13.3. The first-order valence-corrected chi connectivity index (χ1v) is 9.65. The van der Waals surface area contributed by atoms with Crippen LogP contribution in [0.4, 0.5) is 10.1 Å².